The Morgan fingerprint density at radius 2 is 2.17 bits per heavy atom. The van der Waals surface area contributed by atoms with E-state index >= 15 is 0 Å². The molecule has 0 heterocycles. The fourth-order valence-corrected chi connectivity index (χ4v) is 1.70. The molecule has 1 rings (SSSR count). The Morgan fingerprint density at radius 3 is 2.78 bits per heavy atom. The predicted molar refractivity (Wildman–Crippen MR) is 67.7 cm³/mol. The molecule has 0 aliphatic carbocycles. The molecule has 0 aliphatic heterocycles. The molecule has 5 nitrogen and oxygen atoms in total. The monoisotopic (exact) mass is 253 g/mol. The van der Waals surface area contributed by atoms with Crippen molar-refractivity contribution in [1.29, 1.82) is 0 Å². The van der Waals surface area contributed by atoms with Gasteiger partial charge in [0.1, 0.15) is 5.75 Å². The summed E-state index contributed by atoms with van der Waals surface area (Å²) >= 11 is 0. The molecule has 0 aromatic heterocycles. The Bertz CT molecular complexity index is 419. The number of hydrogen-bond donors (Lipinski definition) is 2. The van der Waals surface area contributed by atoms with E-state index < -0.39 is 6.10 Å². The summed E-state index contributed by atoms with van der Waals surface area (Å²) in [5, 5.41) is 19.1. The van der Waals surface area contributed by atoms with Crippen LogP contribution < -0.4 is 0 Å². The van der Waals surface area contributed by atoms with Crippen molar-refractivity contribution in [3.63, 3.8) is 0 Å². The van der Waals surface area contributed by atoms with Crippen LogP contribution in [-0.2, 0) is 4.74 Å². The van der Waals surface area contributed by atoms with Gasteiger partial charge in [-0.25, -0.2) is 0 Å². The summed E-state index contributed by atoms with van der Waals surface area (Å²) < 4.78 is 4.80. The first-order chi connectivity index (χ1) is 8.47. The van der Waals surface area contributed by atoms with Crippen molar-refractivity contribution < 1.29 is 19.7 Å². The average Bonchev–Trinajstić information content (AvgIpc) is 2.32. The molecule has 1 aromatic carbocycles. The lowest BCUT2D eigenvalue weighted by Crippen LogP contribution is -2.36. The molecule has 1 unspecified atom stereocenters. The smallest absolute Gasteiger partial charge is 0.254 e. The zero-order chi connectivity index (χ0) is 13.7. The van der Waals surface area contributed by atoms with Crippen LogP contribution in [0, 0.1) is 6.92 Å². The number of likely N-dealkylation sites (N-methyl/N-ethyl adjacent to an activating group) is 1. The molecule has 0 fully saturated rings. The number of benzene rings is 1. The largest absolute Gasteiger partial charge is 0.508 e. The molecule has 0 aliphatic rings. The highest BCUT2D eigenvalue weighted by Gasteiger charge is 2.18. The minimum atomic E-state index is -0.721. The first-order valence-electron chi connectivity index (χ1n) is 5.68. The van der Waals surface area contributed by atoms with E-state index in [9.17, 15) is 15.0 Å². The summed E-state index contributed by atoms with van der Waals surface area (Å²) in [7, 11) is 3.09. The average molecular weight is 253 g/mol. The molecule has 1 amide bonds. The second-order valence-electron chi connectivity index (χ2n) is 4.24. The Morgan fingerprint density at radius 1 is 1.50 bits per heavy atom. The van der Waals surface area contributed by atoms with Crippen LogP contribution in [0.25, 0.3) is 0 Å². The number of aromatic hydroxyl groups is 1. The number of aliphatic hydroxyl groups is 1. The van der Waals surface area contributed by atoms with Crippen molar-refractivity contribution in [1.82, 2.24) is 4.90 Å². The second-order valence-corrected chi connectivity index (χ2v) is 4.24. The van der Waals surface area contributed by atoms with E-state index in [-0.39, 0.29) is 24.8 Å². The van der Waals surface area contributed by atoms with E-state index in [1.54, 1.807) is 26.1 Å². The minimum absolute atomic E-state index is 0.0895. The fraction of sp³-hybridized carbons (Fsp3) is 0.462. The van der Waals surface area contributed by atoms with Crippen LogP contribution >= 0.6 is 0 Å². The van der Waals surface area contributed by atoms with Crippen molar-refractivity contribution in [2.24, 2.45) is 0 Å². The van der Waals surface area contributed by atoms with Gasteiger partial charge in [-0.3, -0.25) is 4.79 Å². The second kappa shape index (κ2) is 6.37. The molecule has 1 aromatic rings. The van der Waals surface area contributed by atoms with E-state index in [0.717, 1.165) is 0 Å². The molecule has 18 heavy (non-hydrogen) atoms. The fourth-order valence-electron chi connectivity index (χ4n) is 1.70. The molecule has 0 radical (unpaired) electrons. The molecular weight excluding hydrogens is 234 g/mol. The quantitative estimate of drug-likeness (QED) is 0.813. The zero-order valence-corrected chi connectivity index (χ0v) is 10.9. The maximum atomic E-state index is 12.1. The minimum Gasteiger partial charge on any atom is -0.508 e. The topological polar surface area (TPSA) is 70.0 Å². The van der Waals surface area contributed by atoms with Crippen molar-refractivity contribution in [3.8, 4) is 5.75 Å². The van der Waals surface area contributed by atoms with E-state index in [4.69, 9.17) is 4.74 Å². The van der Waals surface area contributed by atoms with Gasteiger partial charge in [0.05, 0.1) is 12.7 Å². The van der Waals surface area contributed by atoms with E-state index in [1.807, 2.05) is 0 Å². The van der Waals surface area contributed by atoms with Crippen molar-refractivity contribution in [2.45, 2.75) is 13.0 Å². The molecule has 2 N–H and O–H groups in total. The van der Waals surface area contributed by atoms with Gasteiger partial charge in [-0.15, -0.1) is 0 Å². The van der Waals surface area contributed by atoms with Crippen LogP contribution in [0.1, 0.15) is 15.9 Å². The summed E-state index contributed by atoms with van der Waals surface area (Å²) in [4.78, 5) is 13.5. The Labute approximate surface area is 107 Å². The van der Waals surface area contributed by atoms with Crippen LogP contribution in [0.15, 0.2) is 18.2 Å². The van der Waals surface area contributed by atoms with Crippen molar-refractivity contribution >= 4 is 5.91 Å². The lowest BCUT2D eigenvalue weighted by Gasteiger charge is -2.21. The van der Waals surface area contributed by atoms with Crippen molar-refractivity contribution in [2.75, 3.05) is 27.3 Å². The summed E-state index contributed by atoms with van der Waals surface area (Å²) in [5.41, 5.74) is 0.970. The number of amides is 1. The SMILES string of the molecule is COCC(O)CN(C)C(=O)c1cccc(O)c1C. The Balaban J connectivity index is 2.77. The van der Waals surface area contributed by atoms with Crippen LogP contribution in [-0.4, -0.2) is 54.4 Å². The number of methoxy groups -OCH3 is 1. The molecule has 0 saturated carbocycles. The number of phenols is 1. The maximum absolute atomic E-state index is 12.1. The Hall–Kier alpha value is -1.59. The van der Waals surface area contributed by atoms with Gasteiger partial charge in [0.15, 0.2) is 0 Å². The zero-order valence-electron chi connectivity index (χ0n) is 10.9. The third kappa shape index (κ3) is 3.45. The molecule has 5 heteroatoms. The normalized spacial score (nSPS) is 12.2. The number of carbonyl (C=O) groups excluding carboxylic acids is 1. The van der Waals surface area contributed by atoms with Gasteiger partial charge < -0.3 is 19.8 Å². The van der Waals surface area contributed by atoms with E-state index in [2.05, 4.69) is 0 Å². The third-order valence-corrected chi connectivity index (χ3v) is 2.73. The van der Waals surface area contributed by atoms with Crippen LogP contribution in [0.5, 0.6) is 5.75 Å². The molecule has 1 atom stereocenters. The third-order valence-electron chi connectivity index (χ3n) is 2.73. The number of ether oxygens (including phenoxy) is 1. The highest BCUT2D eigenvalue weighted by molar-refractivity contribution is 5.96. The first kappa shape index (κ1) is 14.5. The lowest BCUT2D eigenvalue weighted by molar-refractivity contribution is 0.0380. The van der Waals surface area contributed by atoms with Gasteiger partial charge in [-0.2, -0.15) is 0 Å². The highest BCUT2D eigenvalue weighted by Crippen LogP contribution is 2.20. The Kier molecular flexibility index (Phi) is 5.12. The van der Waals surface area contributed by atoms with E-state index in [1.165, 1.54) is 18.1 Å². The number of phenolic OH excluding ortho intramolecular Hbond substituents is 1. The van der Waals surface area contributed by atoms with Gasteiger partial charge in [-0.05, 0) is 19.1 Å². The van der Waals surface area contributed by atoms with Gasteiger partial charge in [0.2, 0.25) is 0 Å². The van der Waals surface area contributed by atoms with Crippen LogP contribution in [0.4, 0.5) is 0 Å². The molecule has 0 spiro atoms. The van der Waals surface area contributed by atoms with Gasteiger partial charge in [0, 0.05) is 31.8 Å². The van der Waals surface area contributed by atoms with Gasteiger partial charge in [0.25, 0.3) is 5.91 Å². The standard InChI is InChI=1S/C13H19NO4/c1-9-11(5-4-6-12(9)16)13(17)14(2)7-10(15)8-18-3/h4-6,10,15-16H,7-8H2,1-3H3. The van der Waals surface area contributed by atoms with E-state index in [0.29, 0.717) is 11.1 Å². The summed E-state index contributed by atoms with van der Waals surface area (Å²) in [6.45, 7) is 2.04. The number of aliphatic hydroxyl groups excluding tert-OH is 1. The number of rotatable bonds is 5. The van der Waals surface area contributed by atoms with Gasteiger partial charge >= 0.3 is 0 Å². The van der Waals surface area contributed by atoms with Crippen LogP contribution in [0.3, 0.4) is 0 Å². The molecule has 0 bridgehead atoms. The number of hydrogen-bond acceptors (Lipinski definition) is 4. The lowest BCUT2D eigenvalue weighted by atomic mass is 10.1. The summed E-state index contributed by atoms with van der Waals surface area (Å²) in [5.74, 6) is -0.148. The van der Waals surface area contributed by atoms with Gasteiger partial charge in [-0.1, -0.05) is 6.07 Å². The molecule has 100 valence electrons. The summed E-state index contributed by atoms with van der Waals surface area (Å²) in [6, 6.07) is 4.80. The summed E-state index contributed by atoms with van der Waals surface area (Å²) in [6.07, 6.45) is -0.721. The highest BCUT2D eigenvalue weighted by atomic mass is 16.5. The molecular formula is C13H19NO4. The predicted octanol–water partition coefficient (Wildman–Crippen LogP) is 0.780. The first-order valence-corrected chi connectivity index (χ1v) is 5.68. The molecule has 0 saturated heterocycles. The number of nitrogens with zero attached hydrogens (tertiary/aromatic N) is 1. The van der Waals surface area contributed by atoms with Crippen molar-refractivity contribution in [3.05, 3.63) is 29.3 Å². The maximum Gasteiger partial charge on any atom is 0.254 e. The number of carbonyl (C=O) groups is 1. The van der Waals surface area contributed by atoms with Crippen LogP contribution in [0.2, 0.25) is 0 Å².